The van der Waals surface area contributed by atoms with Crippen molar-refractivity contribution in [3.05, 3.63) is 54.1 Å². The lowest BCUT2D eigenvalue weighted by atomic mass is 10.2. The smallest absolute Gasteiger partial charge is 0.259 e. The lowest BCUT2D eigenvalue weighted by molar-refractivity contribution is 0.102. The first-order valence-electron chi connectivity index (χ1n) is 5.23. The maximum atomic E-state index is 12.1. The molecule has 0 aliphatic carbocycles. The van der Waals surface area contributed by atoms with Gasteiger partial charge in [0.15, 0.2) is 0 Å². The summed E-state index contributed by atoms with van der Waals surface area (Å²) in [6.07, 6.45) is 0. The topological polar surface area (TPSA) is 49.3 Å². The number of carbonyl (C=O) groups is 1. The van der Waals surface area contributed by atoms with Gasteiger partial charge in [0.25, 0.3) is 5.91 Å². The number of anilines is 1. The summed E-state index contributed by atoms with van der Waals surface area (Å²) in [5.74, 6) is -0.462. The van der Waals surface area contributed by atoms with Crippen molar-refractivity contribution in [2.75, 3.05) is 5.32 Å². The van der Waals surface area contributed by atoms with Crippen LogP contribution >= 0.6 is 56.8 Å². The maximum absolute atomic E-state index is 12.1. The van der Waals surface area contributed by atoms with E-state index in [0.717, 1.165) is 3.57 Å². The summed E-state index contributed by atoms with van der Waals surface area (Å²) in [5, 5.41) is 13.2. The van der Waals surface area contributed by atoms with Crippen molar-refractivity contribution in [1.29, 1.82) is 0 Å². The zero-order valence-corrected chi connectivity index (χ0v) is 14.5. The molecular weight excluding hydrogens is 491 g/mol. The predicted molar refractivity (Wildman–Crippen MR) is 92.9 cm³/mol. The van der Waals surface area contributed by atoms with Gasteiger partial charge < -0.3 is 10.4 Å². The van der Waals surface area contributed by atoms with Crippen LogP contribution in [0.4, 0.5) is 5.69 Å². The van der Waals surface area contributed by atoms with Crippen LogP contribution < -0.4 is 5.32 Å². The minimum absolute atomic E-state index is 0.0977. The summed E-state index contributed by atoms with van der Waals surface area (Å²) in [7, 11) is 0. The maximum Gasteiger partial charge on any atom is 0.259 e. The number of phenols is 1. The quantitative estimate of drug-likeness (QED) is 0.472. The summed E-state index contributed by atoms with van der Waals surface area (Å²) in [6, 6.07) is 10.6. The summed E-state index contributed by atoms with van der Waals surface area (Å²) in [5.41, 5.74) is 0.883. The van der Waals surface area contributed by atoms with Crippen molar-refractivity contribution in [3.63, 3.8) is 0 Å². The first-order chi connectivity index (χ1) is 9.00. The molecule has 2 aromatic carbocycles. The average Bonchev–Trinajstić information content (AvgIpc) is 2.41. The van der Waals surface area contributed by atoms with Gasteiger partial charge in [-0.05, 0) is 63.4 Å². The van der Waals surface area contributed by atoms with E-state index in [9.17, 15) is 9.90 Å². The second-order valence-corrected chi connectivity index (χ2v) is 6.32. The van der Waals surface area contributed by atoms with Gasteiger partial charge >= 0.3 is 0 Å². The normalized spacial score (nSPS) is 10.3. The molecule has 0 aromatic heterocycles. The average molecular weight is 499 g/mol. The number of benzene rings is 2. The molecule has 0 atom stereocenters. The summed E-state index contributed by atoms with van der Waals surface area (Å²) in [4.78, 5) is 12.1. The van der Waals surface area contributed by atoms with Crippen LogP contribution in [0, 0.1) is 7.14 Å². The van der Waals surface area contributed by atoms with Crippen LogP contribution in [0.5, 0.6) is 5.75 Å². The van der Waals surface area contributed by atoms with Crippen LogP contribution in [0.1, 0.15) is 10.4 Å². The monoisotopic (exact) mass is 499 g/mol. The fraction of sp³-hybridized carbons (Fsp3) is 0. The second kappa shape index (κ2) is 6.27. The van der Waals surface area contributed by atoms with Crippen LogP contribution in [0.25, 0.3) is 0 Å². The van der Waals surface area contributed by atoms with Gasteiger partial charge in [-0.25, -0.2) is 0 Å². The number of phenolic OH excluding ortho intramolecular Hbond substituents is 1. The number of carbonyl (C=O) groups excluding carboxylic acids is 1. The zero-order valence-electron chi connectivity index (χ0n) is 9.45. The van der Waals surface area contributed by atoms with E-state index in [1.165, 1.54) is 0 Å². The summed E-state index contributed by atoms with van der Waals surface area (Å²) in [6.45, 7) is 0. The molecule has 0 bridgehead atoms. The Morgan fingerprint density at radius 1 is 1.21 bits per heavy atom. The molecule has 6 heteroatoms. The van der Waals surface area contributed by atoms with E-state index < -0.39 is 0 Å². The lowest BCUT2D eigenvalue weighted by Gasteiger charge is -2.10. The Bertz CT molecular complexity index is 632. The Morgan fingerprint density at radius 3 is 2.47 bits per heavy atom. The number of hydrogen-bond acceptors (Lipinski definition) is 2. The molecular formula is C13H8ClI2NO2. The largest absolute Gasteiger partial charge is 0.506 e. The van der Waals surface area contributed by atoms with Crippen molar-refractivity contribution in [3.8, 4) is 5.75 Å². The first-order valence-corrected chi connectivity index (χ1v) is 7.77. The van der Waals surface area contributed by atoms with Crippen LogP contribution in [0.3, 0.4) is 0 Å². The SMILES string of the molecule is O=C(Nc1ccccc1)c1cc(I)c(Cl)c(I)c1O. The fourth-order valence-corrected chi connectivity index (χ4v) is 3.30. The van der Waals surface area contributed by atoms with Crippen molar-refractivity contribution in [2.45, 2.75) is 0 Å². The molecule has 2 rings (SSSR count). The van der Waals surface area contributed by atoms with Crippen molar-refractivity contribution in [2.24, 2.45) is 0 Å². The number of halogens is 3. The Labute approximate surface area is 142 Å². The molecule has 1 amide bonds. The number of para-hydroxylation sites is 1. The number of aromatic hydroxyl groups is 1. The van der Waals surface area contributed by atoms with E-state index in [0.29, 0.717) is 14.3 Å². The molecule has 0 aliphatic heterocycles. The van der Waals surface area contributed by atoms with E-state index in [2.05, 4.69) is 5.32 Å². The Morgan fingerprint density at radius 2 is 1.84 bits per heavy atom. The fourth-order valence-electron chi connectivity index (χ4n) is 1.48. The van der Waals surface area contributed by atoms with Crippen LogP contribution in [-0.4, -0.2) is 11.0 Å². The van der Waals surface area contributed by atoms with Crippen LogP contribution in [0.2, 0.25) is 5.02 Å². The first kappa shape index (κ1) is 14.9. The lowest BCUT2D eigenvalue weighted by Crippen LogP contribution is -2.13. The van der Waals surface area contributed by atoms with Crippen molar-refractivity contribution >= 4 is 68.4 Å². The molecule has 3 nitrogen and oxygen atoms in total. The highest BCUT2D eigenvalue weighted by Gasteiger charge is 2.18. The summed E-state index contributed by atoms with van der Waals surface area (Å²) < 4.78 is 1.20. The highest BCUT2D eigenvalue weighted by atomic mass is 127. The third kappa shape index (κ3) is 3.32. The van der Waals surface area contributed by atoms with Gasteiger partial charge in [-0.2, -0.15) is 0 Å². The van der Waals surface area contributed by atoms with E-state index in [1.807, 2.05) is 63.4 Å². The van der Waals surface area contributed by atoms with Gasteiger partial charge in [0.05, 0.1) is 14.2 Å². The van der Waals surface area contributed by atoms with Gasteiger partial charge in [-0.15, -0.1) is 0 Å². The molecule has 0 saturated heterocycles. The second-order valence-electron chi connectivity index (χ2n) is 3.70. The Hall–Kier alpha value is -0.540. The summed E-state index contributed by atoms with van der Waals surface area (Å²) >= 11 is 9.96. The highest BCUT2D eigenvalue weighted by molar-refractivity contribution is 14.1. The van der Waals surface area contributed by atoms with E-state index in [4.69, 9.17) is 11.6 Å². The molecule has 0 radical (unpaired) electrons. The standard InChI is InChI=1S/C13H8ClI2NO2/c14-10-9(15)6-8(12(18)11(10)16)13(19)17-7-4-2-1-3-5-7/h1-6,18H,(H,17,19). The van der Waals surface area contributed by atoms with Gasteiger partial charge in [-0.1, -0.05) is 29.8 Å². The Balaban J connectivity index is 2.35. The van der Waals surface area contributed by atoms with Gasteiger partial charge in [0.1, 0.15) is 5.75 Å². The number of amides is 1. The molecule has 98 valence electrons. The van der Waals surface area contributed by atoms with Crippen molar-refractivity contribution in [1.82, 2.24) is 0 Å². The molecule has 2 aromatic rings. The minimum atomic E-state index is -0.365. The third-order valence-electron chi connectivity index (χ3n) is 2.41. The molecule has 0 spiro atoms. The molecule has 0 aliphatic rings. The van der Waals surface area contributed by atoms with Gasteiger partial charge in [0.2, 0.25) is 0 Å². The van der Waals surface area contributed by atoms with Crippen LogP contribution in [0.15, 0.2) is 36.4 Å². The highest BCUT2D eigenvalue weighted by Crippen LogP contribution is 2.35. The van der Waals surface area contributed by atoms with Gasteiger partial charge in [0, 0.05) is 9.26 Å². The van der Waals surface area contributed by atoms with Crippen molar-refractivity contribution < 1.29 is 9.90 Å². The zero-order chi connectivity index (χ0) is 14.0. The molecule has 2 N–H and O–H groups in total. The molecule has 0 unspecified atom stereocenters. The predicted octanol–water partition coefficient (Wildman–Crippen LogP) is 4.51. The number of nitrogens with one attached hydrogen (secondary N) is 1. The van der Waals surface area contributed by atoms with Gasteiger partial charge in [-0.3, -0.25) is 4.79 Å². The van der Waals surface area contributed by atoms with E-state index in [1.54, 1.807) is 18.2 Å². The molecule has 0 fully saturated rings. The molecule has 0 saturated carbocycles. The van der Waals surface area contributed by atoms with E-state index in [-0.39, 0.29) is 17.2 Å². The Kier molecular flexibility index (Phi) is 4.91. The van der Waals surface area contributed by atoms with E-state index >= 15 is 0 Å². The number of rotatable bonds is 2. The molecule has 0 heterocycles. The van der Waals surface area contributed by atoms with Crippen LogP contribution in [-0.2, 0) is 0 Å². The number of hydrogen-bond donors (Lipinski definition) is 2. The minimum Gasteiger partial charge on any atom is -0.506 e. The third-order valence-corrected chi connectivity index (χ3v) is 5.34. The molecule has 19 heavy (non-hydrogen) atoms.